The van der Waals surface area contributed by atoms with Gasteiger partial charge in [0.1, 0.15) is 0 Å². The SMILES string of the molecule is CC1(C)CCC(=O)N1C(=O)O. The molecule has 0 atom stereocenters. The normalized spacial score (nSPS) is 22.4. The second-order valence-electron chi connectivity index (χ2n) is 3.32. The number of hydrogen-bond acceptors (Lipinski definition) is 2. The predicted molar refractivity (Wildman–Crippen MR) is 38.2 cm³/mol. The number of carbonyl (C=O) groups excluding carboxylic acids is 1. The van der Waals surface area contributed by atoms with Crippen molar-refractivity contribution in [3.05, 3.63) is 0 Å². The van der Waals surface area contributed by atoms with Crippen LogP contribution in [0.5, 0.6) is 0 Å². The molecule has 0 bridgehead atoms. The Balaban J connectivity index is 2.89. The molecule has 4 nitrogen and oxygen atoms in total. The second-order valence-corrected chi connectivity index (χ2v) is 3.32. The summed E-state index contributed by atoms with van der Waals surface area (Å²) in [6.07, 6.45) is -0.172. The Kier molecular flexibility index (Phi) is 1.62. The highest BCUT2D eigenvalue weighted by Crippen LogP contribution is 2.28. The molecule has 0 saturated carbocycles. The minimum Gasteiger partial charge on any atom is -0.465 e. The van der Waals surface area contributed by atoms with Crippen LogP contribution in [0.25, 0.3) is 0 Å². The third-order valence-corrected chi connectivity index (χ3v) is 2.00. The van der Waals surface area contributed by atoms with Gasteiger partial charge in [0.25, 0.3) is 0 Å². The second kappa shape index (κ2) is 2.22. The Morgan fingerprint density at radius 2 is 2.18 bits per heavy atom. The molecule has 62 valence electrons. The van der Waals surface area contributed by atoms with Crippen molar-refractivity contribution in [2.24, 2.45) is 0 Å². The lowest BCUT2D eigenvalue weighted by Crippen LogP contribution is -2.44. The number of nitrogens with zero attached hydrogens (tertiary/aromatic N) is 1. The van der Waals surface area contributed by atoms with Gasteiger partial charge in [0.05, 0.1) is 0 Å². The number of carbonyl (C=O) groups is 2. The first-order chi connectivity index (χ1) is 4.95. The van der Waals surface area contributed by atoms with E-state index in [1.54, 1.807) is 13.8 Å². The minimum absolute atomic E-state index is 0.289. The Labute approximate surface area is 64.8 Å². The summed E-state index contributed by atoms with van der Waals surface area (Å²) < 4.78 is 0. The summed E-state index contributed by atoms with van der Waals surface area (Å²) in [5.41, 5.74) is -0.511. The standard InChI is InChI=1S/C7H11NO3/c1-7(2)4-3-5(9)8(7)6(10)11/h3-4H2,1-2H3,(H,10,11). The highest BCUT2D eigenvalue weighted by molar-refractivity contribution is 5.93. The van der Waals surface area contributed by atoms with Gasteiger partial charge in [0.2, 0.25) is 5.91 Å². The summed E-state index contributed by atoms with van der Waals surface area (Å²) in [5.74, 6) is -0.289. The van der Waals surface area contributed by atoms with Crippen molar-refractivity contribution in [3.63, 3.8) is 0 Å². The molecule has 1 aliphatic heterocycles. The molecule has 4 heteroatoms. The molecule has 1 N–H and O–H groups in total. The Morgan fingerprint density at radius 1 is 1.64 bits per heavy atom. The zero-order chi connectivity index (χ0) is 8.65. The monoisotopic (exact) mass is 157 g/mol. The molecule has 0 unspecified atom stereocenters. The van der Waals surface area contributed by atoms with Crippen molar-refractivity contribution in [1.29, 1.82) is 0 Å². The number of amides is 2. The maximum Gasteiger partial charge on any atom is 0.414 e. The van der Waals surface area contributed by atoms with Crippen LogP contribution in [0.3, 0.4) is 0 Å². The molecule has 0 aliphatic carbocycles. The Morgan fingerprint density at radius 3 is 2.36 bits per heavy atom. The van der Waals surface area contributed by atoms with Gasteiger partial charge in [-0.15, -0.1) is 0 Å². The number of rotatable bonds is 0. The van der Waals surface area contributed by atoms with E-state index in [0.717, 1.165) is 4.90 Å². The van der Waals surface area contributed by atoms with Gasteiger partial charge in [0.15, 0.2) is 0 Å². The van der Waals surface area contributed by atoms with Crippen LogP contribution in [0, 0.1) is 0 Å². The van der Waals surface area contributed by atoms with Crippen molar-refractivity contribution in [3.8, 4) is 0 Å². The smallest absolute Gasteiger partial charge is 0.414 e. The average Bonchev–Trinajstić information content (AvgIpc) is 2.06. The fourth-order valence-corrected chi connectivity index (χ4v) is 1.34. The van der Waals surface area contributed by atoms with E-state index in [-0.39, 0.29) is 5.91 Å². The third kappa shape index (κ3) is 1.20. The first kappa shape index (κ1) is 8.04. The lowest BCUT2D eigenvalue weighted by Gasteiger charge is -2.26. The molecule has 1 aliphatic rings. The van der Waals surface area contributed by atoms with Crippen LogP contribution in [0.4, 0.5) is 4.79 Å². The molecule has 0 spiro atoms. The topological polar surface area (TPSA) is 57.6 Å². The molecule has 2 amide bonds. The summed E-state index contributed by atoms with van der Waals surface area (Å²) >= 11 is 0. The summed E-state index contributed by atoms with van der Waals surface area (Å²) in [5, 5.41) is 8.62. The van der Waals surface area contributed by atoms with Crippen LogP contribution in [0.2, 0.25) is 0 Å². The van der Waals surface area contributed by atoms with Crippen molar-refractivity contribution in [2.45, 2.75) is 32.2 Å². The molecule has 1 heterocycles. The molecule has 11 heavy (non-hydrogen) atoms. The van der Waals surface area contributed by atoms with E-state index in [1.165, 1.54) is 0 Å². The van der Waals surface area contributed by atoms with Gasteiger partial charge in [0, 0.05) is 12.0 Å². The molecule has 0 aromatic rings. The van der Waals surface area contributed by atoms with Crippen molar-refractivity contribution >= 4 is 12.0 Å². The van der Waals surface area contributed by atoms with Crippen LogP contribution in [0.15, 0.2) is 0 Å². The van der Waals surface area contributed by atoms with Crippen LogP contribution < -0.4 is 0 Å². The van der Waals surface area contributed by atoms with Crippen molar-refractivity contribution < 1.29 is 14.7 Å². The van der Waals surface area contributed by atoms with E-state index in [9.17, 15) is 9.59 Å². The summed E-state index contributed by atoms with van der Waals surface area (Å²) in [4.78, 5) is 22.4. The molecule has 1 fully saturated rings. The predicted octanol–water partition coefficient (Wildman–Crippen LogP) is 1.07. The molecule has 0 aromatic carbocycles. The highest BCUT2D eigenvalue weighted by atomic mass is 16.4. The fourth-order valence-electron chi connectivity index (χ4n) is 1.34. The van der Waals surface area contributed by atoms with E-state index < -0.39 is 11.6 Å². The molecular formula is C7H11NO3. The minimum atomic E-state index is -1.14. The van der Waals surface area contributed by atoms with Gasteiger partial charge >= 0.3 is 6.09 Å². The fraction of sp³-hybridized carbons (Fsp3) is 0.714. The molecule has 1 rings (SSSR count). The van der Waals surface area contributed by atoms with Crippen LogP contribution in [-0.2, 0) is 4.79 Å². The zero-order valence-corrected chi connectivity index (χ0v) is 6.63. The van der Waals surface area contributed by atoms with E-state index >= 15 is 0 Å². The Bertz CT molecular complexity index is 210. The first-order valence-electron chi connectivity index (χ1n) is 3.51. The average molecular weight is 157 g/mol. The molecular weight excluding hydrogens is 146 g/mol. The molecule has 0 radical (unpaired) electrons. The van der Waals surface area contributed by atoms with Crippen molar-refractivity contribution in [2.75, 3.05) is 0 Å². The summed E-state index contributed by atoms with van der Waals surface area (Å²) in [6, 6.07) is 0. The molecule has 1 saturated heterocycles. The molecule has 0 aromatic heterocycles. The van der Waals surface area contributed by atoms with E-state index in [2.05, 4.69) is 0 Å². The van der Waals surface area contributed by atoms with Gasteiger partial charge in [-0.05, 0) is 20.3 Å². The zero-order valence-electron chi connectivity index (χ0n) is 6.63. The van der Waals surface area contributed by atoms with E-state index in [0.29, 0.717) is 12.8 Å². The quantitative estimate of drug-likeness (QED) is 0.572. The van der Waals surface area contributed by atoms with Crippen LogP contribution in [0.1, 0.15) is 26.7 Å². The third-order valence-electron chi connectivity index (χ3n) is 2.00. The van der Waals surface area contributed by atoms with Gasteiger partial charge < -0.3 is 5.11 Å². The Hall–Kier alpha value is -1.06. The van der Waals surface area contributed by atoms with Gasteiger partial charge in [-0.1, -0.05) is 0 Å². The highest BCUT2D eigenvalue weighted by Gasteiger charge is 2.41. The number of hydrogen-bond donors (Lipinski definition) is 1. The van der Waals surface area contributed by atoms with Crippen LogP contribution in [-0.4, -0.2) is 27.5 Å². The largest absolute Gasteiger partial charge is 0.465 e. The maximum atomic E-state index is 11.0. The maximum absolute atomic E-state index is 11.0. The van der Waals surface area contributed by atoms with Gasteiger partial charge in [-0.25, -0.2) is 9.69 Å². The number of carboxylic acid groups (broad SMARTS) is 1. The van der Waals surface area contributed by atoms with Crippen LogP contribution >= 0.6 is 0 Å². The summed E-state index contributed by atoms with van der Waals surface area (Å²) in [6.45, 7) is 3.51. The van der Waals surface area contributed by atoms with Gasteiger partial charge in [-0.3, -0.25) is 4.79 Å². The van der Waals surface area contributed by atoms with Gasteiger partial charge in [-0.2, -0.15) is 0 Å². The number of imide groups is 1. The first-order valence-corrected chi connectivity index (χ1v) is 3.51. The van der Waals surface area contributed by atoms with Crippen molar-refractivity contribution in [1.82, 2.24) is 4.90 Å². The number of likely N-dealkylation sites (tertiary alicyclic amines) is 1. The summed E-state index contributed by atoms with van der Waals surface area (Å²) in [7, 11) is 0. The van der Waals surface area contributed by atoms with E-state index in [4.69, 9.17) is 5.11 Å². The lowest BCUT2D eigenvalue weighted by molar-refractivity contribution is -0.128. The lowest BCUT2D eigenvalue weighted by atomic mass is 10.0. The van der Waals surface area contributed by atoms with E-state index in [1.807, 2.05) is 0 Å².